The van der Waals surface area contributed by atoms with Crippen LogP contribution in [0.25, 0.3) is 11.3 Å². The van der Waals surface area contributed by atoms with Gasteiger partial charge < -0.3 is 5.73 Å². The number of hydrogen-bond donors (Lipinski definition) is 1. The molecule has 2 rings (SSSR count). The minimum atomic E-state index is -0.453. The van der Waals surface area contributed by atoms with Crippen molar-refractivity contribution in [1.82, 2.24) is 4.98 Å². The van der Waals surface area contributed by atoms with E-state index in [1.165, 1.54) is 12.1 Å². The van der Waals surface area contributed by atoms with Crippen LogP contribution >= 0.6 is 0 Å². The summed E-state index contributed by atoms with van der Waals surface area (Å²) >= 11 is 0. The molecule has 1 aromatic carbocycles. The van der Waals surface area contributed by atoms with Crippen molar-refractivity contribution < 1.29 is 4.92 Å². The highest BCUT2D eigenvalue weighted by atomic mass is 16.6. The van der Waals surface area contributed by atoms with Crippen molar-refractivity contribution in [2.45, 2.75) is 6.92 Å². The molecule has 0 saturated carbocycles. The molecule has 2 N–H and O–H groups in total. The van der Waals surface area contributed by atoms with Gasteiger partial charge in [-0.05, 0) is 30.7 Å². The number of nitrogens with two attached hydrogens (primary N) is 1. The van der Waals surface area contributed by atoms with E-state index in [-0.39, 0.29) is 17.0 Å². The van der Waals surface area contributed by atoms with E-state index in [4.69, 9.17) is 5.73 Å². The second-order valence-corrected chi connectivity index (χ2v) is 4.40. The van der Waals surface area contributed by atoms with Gasteiger partial charge in [-0.15, -0.1) is 0 Å². The Hall–Kier alpha value is -3.20. The third kappa shape index (κ3) is 2.87. The van der Waals surface area contributed by atoms with Gasteiger partial charge in [-0.25, -0.2) is 0 Å². The summed E-state index contributed by atoms with van der Waals surface area (Å²) < 4.78 is 0. The van der Waals surface area contributed by atoms with Crippen LogP contribution in [0.5, 0.6) is 0 Å². The van der Waals surface area contributed by atoms with E-state index in [9.17, 15) is 15.4 Å². The number of nitro groups is 1. The molecule has 0 aliphatic rings. The predicted octanol–water partition coefficient (Wildman–Crippen LogP) is 2.65. The first-order chi connectivity index (χ1) is 10.0. The predicted molar refractivity (Wildman–Crippen MR) is 78.7 cm³/mol. The zero-order valence-electron chi connectivity index (χ0n) is 11.3. The van der Waals surface area contributed by atoms with Crippen molar-refractivity contribution in [3.63, 3.8) is 0 Å². The number of benzene rings is 1. The largest absolute Gasteiger partial charge is 0.397 e. The number of aromatic nitrogens is 1. The summed E-state index contributed by atoms with van der Waals surface area (Å²) in [6.45, 7) is 1.63. The van der Waals surface area contributed by atoms with E-state index >= 15 is 0 Å². The van der Waals surface area contributed by atoms with Gasteiger partial charge in [-0.2, -0.15) is 5.26 Å². The number of allylic oxidation sites excluding steroid dienone is 1. The fourth-order valence-corrected chi connectivity index (χ4v) is 1.96. The van der Waals surface area contributed by atoms with Crippen LogP contribution in [0, 0.1) is 28.4 Å². The molecule has 0 unspecified atom stereocenters. The summed E-state index contributed by atoms with van der Waals surface area (Å²) in [5.74, 6) is 0. The maximum absolute atomic E-state index is 10.8. The van der Waals surface area contributed by atoms with Crippen molar-refractivity contribution in [3.8, 4) is 6.07 Å². The molecule has 1 heterocycles. The van der Waals surface area contributed by atoms with E-state index in [0.717, 1.165) is 0 Å². The molecular formula is C15H12N4O2. The lowest BCUT2D eigenvalue weighted by Crippen LogP contribution is -2.02. The summed E-state index contributed by atoms with van der Waals surface area (Å²) in [5.41, 5.74) is 8.27. The normalized spacial score (nSPS) is 11.4. The summed E-state index contributed by atoms with van der Waals surface area (Å²) in [7, 11) is 0. The molecule has 0 saturated heterocycles. The lowest BCUT2D eigenvalue weighted by molar-refractivity contribution is -0.385. The van der Waals surface area contributed by atoms with E-state index in [1.54, 1.807) is 37.5 Å². The number of nitrogens with zero attached hydrogens (tertiary/aromatic N) is 3. The van der Waals surface area contributed by atoms with Crippen molar-refractivity contribution in [2.75, 3.05) is 0 Å². The van der Waals surface area contributed by atoms with Gasteiger partial charge in [0.2, 0.25) is 0 Å². The average molecular weight is 280 g/mol. The maximum atomic E-state index is 10.8. The third-order valence-corrected chi connectivity index (χ3v) is 3.04. The molecule has 6 nitrogen and oxygen atoms in total. The summed E-state index contributed by atoms with van der Waals surface area (Å²) in [5, 5.41) is 20.1. The van der Waals surface area contributed by atoms with Crippen molar-refractivity contribution >= 4 is 17.0 Å². The molecule has 0 fully saturated rings. The molecule has 0 bridgehead atoms. The molecule has 0 aliphatic carbocycles. The van der Waals surface area contributed by atoms with Crippen LogP contribution in [0.1, 0.15) is 16.7 Å². The van der Waals surface area contributed by atoms with Crippen LogP contribution in [0.3, 0.4) is 0 Å². The average Bonchev–Trinajstić information content (AvgIpc) is 2.48. The zero-order valence-corrected chi connectivity index (χ0v) is 11.3. The molecule has 0 radical (unpaired) electrons. The number of rotatable bonds is 3. The van der Waals surface area contributed by atoms with Crippen molar-refractivity contribution in [3.05, 3.63) is 69.5 Å². The Morgan fingerprint density at radius 3 is 2.67 bits per heavy atom. The molecule has 1 aromatic heterocycles. The molecule has 0 spiro atoms. The number of aryl methyl sites for hydroxylation is 1. The molecule has 21 heavy (non-hydrogen) atoms. The SMILES string of the molecule is Cc1cc(/C(N)=C(/C#N)c2cccnc2)ccc1[N+](=O)[O-]. The quantitative estimate of drug-likeness (QED) is 0.528. The van der Waals surface area contributed by atoms with Gasteiger partial charge in [0.25, 0.3) is 5.69 Å². The fraction of sp³-hybridized carbons (Fsp3) is 0.0667. The Kier molecular flexibility index (Phi) is 3.95. The highest BCUT2D eigenvalue weighted by Gasteiger charge is 2.14. The molecule has 0 amide bonds. The number of hydrogen-bond acceptors (Lipinski definition) is 5. The van der Waals surface area contributed by atoms with Gasteiger partial charge in [0.1, 0.15) is 6.07 Å². The Morgan fingerprint density at radius 1 is 1.38 bits per heavy atom. The van der Waals surface area contributed by atoms with Crippen LogP contribution < -0.4 is 5.73 Å². The highest BCUT2D eigenvalue weighted by Crippen LogP contribution is 2.25. The second-order valence-electron chi connectivity index (χ2n) is 4.40. The van der Waals surface area contributed by atoms with E-state index in [1.807, 2.05) is 0 Å². The van der Waals surface area contributed by atoms with Crippen LogP contribution in [-0.4, -0.2) is 9.91 Å². The van der Waals surface area contributed by atoms with Crippen LogP contribution in [0.4, 0.5) is 5.69 Å². The summed E-state index contributed by atoms with van der Waals surface area (Å²) in [4.78, 5) is 14.3. The van der Waals surface area contributed by atoms with Gasteiger partial charge in [0.15, 0.2) is 0 Å². The van der Waals surface area contributed by atoms with Crippen LogP contribution in [0.2, 0.25) is 0 Å². The second kappa shape index (κ2) is 5.84. The first-order valence-electron chi connectivity index (χ1n) is 6.10. The lowest BCUT2D eigenvalue weighted by atomic mass is 10.0. The fourth-order valence-electron chi connectivity index (χ4n) is 1.96. The monoisotopic (exact) mass is 280 g/mol. The van der Waals surface area contributed by atoms with Gasteiger partial charge >= 0.3 is 0 Å². The first-order valence-corrected chi connectivity index (χ1v) is 6.10. The molecular weight excluding hydrogens is 268 g/mol. The van der Waals surface area contributed by atoms with Crippen LogP contribution in [0.15, 0.2) is 42.7 Å². The smallest absolute Gasteiger partial charge is 0.272 e. The topological polar surface area (TPSA) is 106 Å². The van der Waals surface area contributed by atoms with Crippen molar-refractivity contribution in [2.24, 2.45) is 5.73 Å². The molecule has 0 aliphatic heterocycles. The Labute approximate surface area is 121 Å². The lowest BCUT2D eigenvalue weighted by Gasteiger charge is -2.07. The highest BCUT2D eigenvalue weighted by molar-refractivity contribution is 5.96. The van der Waals surface area contributed by atoms with E-state index < -0.39 is 4.92 Å². The van der Waals surface area contributed by atoms with Crippen LogP contribution in [-0.2, 0) is 0 Å². The van der Waals surface area contributed by atoms with E-state index in [0.29, 0.717) is 16.7 Å². The standard InChI is InChI=1S/C15H12N4O2/c1-10-7-11(4-5-14(10)19(20)21)15(17)13(8-16)12-3-2-6-18-9-12/h2-7,9H,17H2,1H3/b15-13+. The molecule has 104 valence electrons. The number of nitro benzene ring substituents is 1. The minimum absolute atomic E-state index is 0.0198. The molecule has 0 atom stereocenters. The van der Waals surface area contributed by atoms with Crippen molar-refractivity contribution in [1.29, 1.82) is 5.26 Å². The van der Waals surface area contributed by atoms with Gasteiger partial charge in [-0.3, -0.25) is 15.1 Å². The van der Waals surface area contributed by atoms with Gasteiger partial charge in [0, 0.05) is 29.6 Å². The summed E-state index contributed by atoms with van der Waals surface area (Å²) in [6, 6.07) is 10.0. The number of pyridine rings is 1. The first kappa shape index (κ1) is 14.2. The zero-order chi connectivity index (χ0) is 15.4. The Bertz CT molecular complexity index is 761. The summed E-state index contributed by atoms with van der Waals surface area (Å²) in [6.07, 6.45) is 3.15. The molecule has 2 aromatic rings. The maximum Gasteiger partial charge on any atom is 0.272 e. The van der Waals surface area contributed by atoms with E-state index in [2.05, 4.69) is 11.1 Å². The minimum Gasteiger partial charge on any atom is -0.397 e. The number of nitriles is 1. The van der Waals surface area contributed by atoms with Gasteiger partial charge in [0.05, 0.1) is 16.2 Å². The van der Waals surface area contributed by atoms with Gasteiger partial charge in [-0.1, -0.05) is 6.07 Å². The molecule has 6 heteroatoms. The third-order valence-electron chi connectivity index (χ3n) is 3.04. The Morgan fingerprint density at radius 2 is 2.14 bits per heavy atom. The Balaban J connectivity index is 2.54.